The highest BCUT2D eigenvalue weighted by Crippen LogP contribution is 2.19. The molecule has 1 aliphatic rings. The van der Waals surface area contributed by atoms with Crippen LogP contribution in [0.25, 0.3) is 0 Å². The van der Waals surface area contributed by atoms with Crippen molar-refractivity contribution >= 4 is 11.8 Å². The first-order chi connectivity index (χ1) is 13.1. The summed E-state index contributed by atoms with van der Waals surface area (Å²) in [4.78, 5) is 26.2. The number of hydrogen-bond donors (Lipinski definition) is 1. The van der Waals surface area contributed by atoms with Gasteiger partial charge < -0.3 is 15.0 Å². The predicted molar refractivity (Wildman–Crippen MR) is 104 cm³/mol. The third-order valence-corrected chi connectivity index (χ3v) is 4.90. The number of carbonyl (C=O) groups excluding carboxylic acids is 2. The Balaban J connectivity index is 1.39. The fourth-order valence-electron chi connectivity index (χ4n) is 3.34. The molecule has 2 amide bonds. The van der Waals surface area contributed by atoms with Crippen molar-refractivity contribution in [2.24, 2.45) is 5.92 Å². The molecule has 0 spiro atoms. The van der Waals surface area contributed by atoms with E-state index in [1.54, 1.807) is 7.11 Å². The van der Waals surface area contributed by atoms with Crippen molar-refractivity contribution in [2.75, 3.05) is 20.2 Å². The summed E-state index contributed by atoms with van der Waals surface area (Å²) in [6.45, 7) is 1.90. The van der Waals surface area contributed by atoms with Crippen LogP contribution in [-0.4, -0.2) is 36.9 Å². The molecule has 0 aliphatic carbocycles. The van der Waals surface area contributed by atoms with Gasteiger partial charge in [0.1, 0.15) is 5.75 Å². The van der Waals surface area contributed by atoms with E-state index >= 15 is 0 Å². The summed E-state index contributed by atoms with van der Waals surface area (Å²) in [5.41, 5.74) is 2.24. The summed E-state index contributed by atoms with van der Waals surface area (Å²) in [5, 5.41) is 2.98. The second kappa shape index (κ2) is 9.21. The van der Waals surface area contributed by atoms with Crippen LogP contribution in [0.1, 0.15) is 24.0 Å². The summed E-state index contributed by atoms with van der Waals surface area (Å²) in [5.74, 6) is 1.19. The van der Waals surface area contributed by atoms with Crippen LogP contribution in [0.3, 0.4) is 0 Å². The van der Waals surface area contributed by atoms with Gasteiger partial charge in [-0.3, -0.25) is 9.59 Å². The Morgan fingerprint density at radius 2 is 1.85 bits per heavy atom. The summed E-state index contributed by atoms with van der Waals surface area (Å²) < 4.78 is 5.13. The van der Waals surface area contributed by atoms with Crippen LogP contribution >= 0.6 is 0 Å². The highest BCUT2D eigenvalue weighted by molar-refractivity contribution is 5.79. The van der Waals surface area contributed by atoms with Crippen molar-refractivity contribution in [1.82, 2.24) is 10.2 Å². The molecule has 0 saturated carbocycles. The lowest BCUT2D eigenvalue weighted by Crippen LogP contribution is -2.31. The van der Waals surface area contributed by atoms with Gasteiger partial charge in [-0.15, -0.1) is 0 Å². The van der Waals surface area contributed by atoms with E-state index in [2.05, 4.69) is 5.32 Å². The summed E-state index contributed by atoms with van der Waals surface area (Å²) >= 11 is 0. The number of nitrogens with one attached hydrogen (secondary N) is 1. The Labute approximate surface area is 160 Å². The van der Waals surface area contributed by atoms with Crippen molar-refractivity contribution in [1.29, 1.82) is 0 Å². The molecule has 142 valence electrons. The van der Waals surface area contributed by atoms with E-state index in [0.29, 0.717) is 38.9 Å². The van der Waals surface area contributed by atoms with Gasteiger partial charge in [-0.2, -0.15) is 0 Å². The van der Waals surface area contributed by atoms with Crippen molar-refractivity contribution < 1.29 is 14.3 Å². The van der Waals surface area contributed by atoms with Gasteiger partial charge in [-0.05, 0) is 29.7 Å². The van der Waals surface area contributed by atoms with E-state index < -0.39 is 0 Å². The van der Waals surface area contributed by atoms with Gasteiger partial charge in [0.25, 0.3) is 0 Å². The molecular weight excluding hydrogens is 340 g/mol. The molecule has 1 atom stereocenters. The van der Waals surface area contributed by atoms with Crippen LogP contribution in [0.15, 0.2) is 54.6 Å². The number of rotatable bonds is 8. The maximum absolute atomic E-state index is 12.2. The third kappa shape index (κ3) is 5.58. The number of ether oxygens (including phenoxy) is 1. The van der Waals surface area contributed by atoms with Gasteiger partial charge in [-0.25, -0.2) is 0 Å². The number of carbonyl (C=O) groups is 2. The van der Waals surface area contributed by atoms with Crippen molar-refractivity contribution in [3.8, 4) is 5.75 Å². The van der Waals surface area contributed by atoms with E-state index in [1.165, 1.54) is 0 Å². The molecule has 2 aromatic rings. The highest BCUT2D eigenvalue weighted by atomic mass is 16.5. The molecular formula is C22H26N2O3. The monoisotopic (exact) mass is 366 g/mol. The first kappa shape index (κ1) is 19.0. The minimum Gasteiger partial charge on any atom is -0.497 e. The van der Waals surface area contributed by atoms with Crippen molar-refractivity contribution in [3.63, 3.8) is 0 Å². The fourth-order valence-corrected chi connectivity index (χ4v) is 3.34. The van der Waals surface area contributed by atoms with Crippen molar-refractivity contribution in [2.45, 2.75) is 25.8 Å². The predicted octanol–water partition coefficient (Wildman–Crippen LogP) is 2.79. The van der Waals surface area contributed by atoms with E-state index in [9.17, 15) is 9.59 Å². The van der Waals surface area contributed by atoms with Gasteiger partial charge >= 0.3 is 0 Å². The van der Waals surface area contributed by atoms with Crippen LogP contribution in [0.2, 0.25) is 0 Å². The van der Waals surface area contributed by atoms with Crippen LogP contribution in [0, 0.1) is 5.92 Å². The lowest BCUT2D eigenvalue weighted by atomic mass is 10.1. The number of amides is 2. The molecule has 1 fully saturated rings. The second-order valence-electron chi connectivity index (χ2n) is 6.98. The molecule has 5 nitrogen and oxygen atoms in total. The number of methoxy groups -OCH3 is 1. The average molecular weight is 366 g/mol. The van der Waals surface area contributed by atoms with Crippen LogP contribution < -0.4 is 10.1 Å². The van der Waals surface area contributed by atoms with Crippen molar-refractivity contribution in [3.05, 3.63) is 65.7 Å². The van der Waals surface area contributed by atoms with Crippen LogP contribution in [-0.2, 0) is 22.6 Å². The molecule has 1 heterocycles. The Kier molecular flexibility index (Phi) is 6.47. The number of benzene rings is 2. The minimum absolute atomic E-state index is 0.0276. The van der Waals surface area contributed by atoms with E-state index in [4.69, 9.17) is 4.74 Å². The van der Waals surface area contributed by atoms with E-state index in [1.807, 2.05) is 59.5 Å². The standard InChI is InChI=1S/C22H26N2O3/c1-27-20-10-7-17(8-11-20)9-12-21(25)23-14-19-13-22(26)24(16-19)15-18-5-3-2-4-6-18/h2-8,10-11,19H,9,12-16H2,1H3,(H,23,25). The number of aryl methyl sites for hydroxylation is 1. The summed E-state index contributed by atoms with van der Waals surface area (Å²) in [6.07, 6.45) is 1.64. The Hall–Kier alpha value is -2.82. The summed E-state index contributed by atoms with van der Waals surface area (Å²) in [7, 11) is 1.64. The maximum atomic E-state index is 12.2. The first-order valence-electron chi connectivity index (χ1n) is 9.35. The van der Waals surface area contributed by atoms with Gasteiger partial charge in [-0.1, -0.05) is 42.5 Å². The molecule has 0 bridgehead atoms. The smallest absolute Gasteiger partial charge is 0.223 e. The van der Waals surface area contributed by atoms with Gasteiger partial charge in [0.05, 0.1) is 7.11 Å². The molecule has 27 heavy (non-hydrogen) atoms. The zero-order valence-electron chi connectivity index (χ0n) is 15.7. The van der Waals surface area contributed by atoms with Gasteiger partial charge in [0.2, 0.25) is 11.8 Å². The largest absolute Gasteiger partial charge is 0.497 e. The van der Waals surface area contributed by atoms with E-state index in [0.717, 1.165) is 16.9 Å². The first-order valence-corrected chi connectivity index (χ1v) is 9.35. The fraction of sp³-hybridized carbons (Fsp3) is 0.364. The number of likely N-dealkylation sites (tertiary alicyclic amines) is 1. The van der Waals surface area contributed by atoms with Gasteiger partial charge in [0, 0.05) is 38.4 Å². The molecule has 1 N–H and O–H groups in total. The van der Waals surface area contributed by atoms with E-state index in [-0.39, 0.29) is 17.7 Å². The zero-order chi connectivity index (χ0) is 19.1. The lowest BCUT2D eigenvalue weighted by Gasteiger charge is -2.17. The second-order valence-corrected chi connectivity index (χ2v) is 6.98. The minimum atomic E-state index is 0.0276. The topological polar surface area (TPSA) is 58.6 Å². The van der Waals surface area contributed by atoms with Crippen LogP contribution in [0.4, 0.5) is 0 Å². The molecule has 1 unspecified atom stereocenters. The van der Waals surface area contributed by atoms with Crippen LogP contribution in [0.5, 0.6) is 5.75 Å². The Morgan fingerprint density at radius 3 is 2.56 bits per heavy atom. The normalized spacial score (nSPS) is 16.4. The Bertz CT molecular complexity index is 759. The molecule has 1 saturated heterocycles. The number of hydrogen-bond acceptors (Lipinski definition) is 3. The SMILES string of the molecule is COc1ccc(CCC(=O)NCC2CC(=O)N(Cc3ccccc3)C2)cc1. The molecule has 0 radical (unpaired) electrons. The molecule has 1 aliphatic heterocycles. The lowest BCUT2D eigenvalue weighted by molar-refractivity contribution is -0.128. The quantitative estimate of drug-likeness (QED) is 0.782. The molecule has 2 aromatic carbocycles. The highest BCUT2D eigenvalue weighted by Gasteiger charge is 2.29. The summed E-state index contributed by atoms with van der Waals surface area (Å²) in [6, 6.07) is 17.7. The maximum Gasteiger partial charge on any atom is 0.223 e. The molecule has 3 rings (SSSR count). The molecule has 0 aromatic heterocycles. The van der Waals surface area contributed by atoms with Gasteiger partial charge in [0.15, 0.2) is 0 Å². The molecule has 5 heteroatoms. The Morgan fingerprint density at radius 1 is 1.11 bits per heavy atom. The zero-order valence-corrected chi connectivity index (χ0v) is 15.7. The average Bonchev–Trinajstić information content (AvgIpc) is 3.05. The number of nitrogens with zero attached hydrogens (tertiary/aromatic N) is 1. The third-order valence-electron chi connectivity index (χ3n) is 4.90.